The van der Waals surface area contributed by atoms with Crippen molar-refractivity contribution in [3.05, 3.63) is 55.2 Å². The number of halogens is 1. The lowest BCUT2D eigenvalue weighted by Crippen LogP contribution is -2.04. The highest BCUT2D eigenvalue weighted by atomic mass is 79.9. The standard InChI is InChI=1S/C14H15BrOS/c1-8-4-9(2)13(10(3)5-8)14(16)11-6-17-7-12(11)15/h4-7,14,16H,1-3H3. The van der Waals surface area contributed by atoms with E-state index in [-0.39, 0.29) is 0 Å². The van der Waals surface area contributed by atoms with Crippen LogP contribution in [0.15, 0.2) is 27.4 Å². The van der Waals surface area contributed by atoms with E-state index in [1.165, 1.54) is 5.56 Å². The molecule has 1 unspecified atom stereocenters. The van der Waals surface area contributed by atoms with E-state index >= 15 is 0 Å². The normalized spacial score (nSPS) is 12.8. The Morgan fingerprint density at radius 3 is 2.18 bits per heavy atom. The molecule has 0 aliphatic carbocycles. The average Bonchev–Trinajstić information content (AvgIpc) is 2.62. The van der Waals surface area contributed by atoms with Gasteiger partial charge in [0.15, 0.2) is 0 Å². The minimum Gasteiger partial charge on any atom is -0.384 e. The molecule has 1 aromatic carbocycles. The Morgan fingerprint density at radius 1 is 1.12 bits per heavy atom. The lowest BCUT2D eigenvalue weighted by molar-refractivity contribution is 0.218. The minimum atomic E-state index is -0.545. The second-order valence-corrected chi connectivity index (χ2v) is 5.99. The van der Waals surface area contributed by atoms with E-state index in [0.29, 0.717) is 0 Å². The van der Waals surface area contributed by atoms with Crippen molar-refractivity contribution in [2.45, 2.75) is 26.9 Å². The lowest BCUT2D eigenvalue weighted by Gasteiger charge is -2.17. The van der Waals surface area contributed by atoms with Crippen LogP contribution in [0.3, 0.4) is 0 Å². The smallest absolute Gasteiger partial charge is 0.106 e. The highest BCUT2D eigenvalue weighted by molar-refractivity contribution is 9.10. The van der Waals surface area contributed by atoms with Gasteiger partial charge < -0.3 is 5.11 Å². The highest BCUT2D eigenvalue weighted by Crippen LogP contribution is 2.34. The monoisotopic (exact) mass is 310 g/mol. The topological polar surface area (TPSA) is 20.2 Å². The molecule has 0 aliphatic heterocycles. The van der Waals surface area contributed by atoms with Gasteiger partial charge in [-0.1, -0.05) is 17.7 Å². The van der Waals surface area contributed by atoms with Gasteiger partial charge in [0.2, 0.25) is 0 Å². The molecule has 1 N–H and O–H groups in total. The van der Waals surface area contributed by atoms with Crippen LogP contribution in [0.5, 0.6) is 0 Å². The molecular weight excluding hydrogens is 296 g/mol. The Morgan fingerprint density at radius 2 is 1.71 bits per heavy atom. The van der Waals surface area contributed by atoms with Crippen LogP contribution in [-0.2, 0) is 0 Å². The number of hydrogen-bond donors (Lipinski definition) is 1. The Hall–Kier alpha value is -0.640. The molecule has 0 aliphatic rings. The number of thiophene rings is 1. The van der Waals surface area contributed by atoms with E-state index in [1.54, 1.807) is 11.3 Å². The molecule has 0 bridgehead atoms. The van der Waals surface area contributed by atoms with Crippen LogP contribution in [0.4, 0.5) is 0 Å². The van der Waals surface area contributed by atoms with Crippen molar-refractivity contribution in [1.29, 1.82) is 0 Å². The maximum Gasteiger partial charge on any atom is 0.106 e. The Labute approximate surface area is 114 Å². The summed E-state index contributed by atoms with van der Waals surface area (Å²) in [6, 6.07) is 4.23. The predicted octanol–water partition coefficient (Wildman–Crippen LogP) is 4.52. The molecule has 90 valence electrons. The van der Waals surface area contributed by atoms with Gasteiger partial charge in [0, 0.05) is 15.4 Å². The van der Waals surface area contributed by atoms with Crippen LogP contribution < -0.4 is 0 Å². The van der Waals surface area contributed by atoms with Crippen LogP contribution in [0, 0.1) is 20.8 Å². The van der Waals surface area contributed by atoms with Gasteiger partial charge in [0.05, 0.1) is 0 Å². The van der Waals surface area contributed by atoms with Gasteiger partial charge in [-0.2, -0.15) is 11.3 Å². The molecule has 0 saturated carbocycles. The SMILES string of the molecule is Cc1cc(C)c(C(O)c2cscc2Br)c(C)c1. The third kappa shape index (κ3) is 2.46. The van der Waals surface area contributed by atoms with Gasteiger partial charge in [-0.15, -0.1) is 0 Å². The molecular formula is C14H15BrOS. The third-order valence-electron chi connectivity index (χ3n) is 2.95. The first-order chi connectivity index (χ1) is 8.00. The number of aliphatic hydroxyl groups is 1. The number of aryl methyl sites for hydroxylation is 3. The van der Waals surface area contributed by atoms with Crippen LogP contribution in [0.25, 0.3) is 0 Å². The fourth-order valence-electron chi connectivity index (χ4n) is 2.26. The van der Waals surface area contributed by atoms with E-state index in [0.717, 1.165) is 26.7 Å². The molecule has 0 spiro atoms. The first-order valence-electron chi connectivity index (χ1n) is 5.48. The molecule has 0 amide bonds. The summed E-state index contributed by atoms with van der Waals surface area (Å²) >= 11 is 5.08. The first kappa shape index (κ1) is 12.8. The summed E-state index contributed by atoms with van der Waals surface area (Å²) in [5, 5.41) is 14.5. The van der Waals surface area contributed by atoms with E-state index in [9.17, 15) is 5.11 Å². The Balaban J connectivity index is 2.51. The van der Waals surface area contributed by atoms with Gasteiger partial charge in [0.1, 0.15) is 6.10 Å². The van der Waals surface area contributed by atoms with Crippen LogP contribution >= 0.6 is 27.3 Å². The highest BCUT2D eigenvalue weighted by Gasteiger charge is 2.18. The first-order valence-corrected chi connectivity index (χ1v) is 7.21. The molecule has 2 aromatic rings. The lowest BCUT2D eigenvalue weighted by atomic mass is 9.93. The molecule has 1 atom stereocenters. The maximum absolute atomic E-state index is 10.5. The van der Waals surface area contributed by atoms with Crippen LogP contribution in [0.1, 0.15) is 33.9 Å². The number of hydrogen-bond acceptors (Lipinski definition) is 2. The van der Waals surface area contributed by atoms with Crippen molar-refractivity contribution < 1.29 is 5.11 Å². The summed E-state index contributed by atoms with van der Waals surface area (Å²) in [5.74, 6) is 0. The van der Waals surface area contributed by atoms with Gasteiger partial charge >= 0.3 is 0 Å². The number of rotatable bonds is 2. The van der Waals surface area contributed by atoms with Crippen molar-refractivity contribution in [2.75, 3.05) is 0 Å². The molecule has 17 heavy (non-hydrogen) atoms. The average molecular weight is 311 g/mol. The van der Waals surface area contributed by atoms with Crippen molar-refractivity contribution in [2.24, 2.45) is 0 Å². The zero-order valence-electron chi connectivity index (χ0n) is 10.1. The molecule has 0 fully saturated rings. The summed E-state index contributed by atoms with van der Waals surface area (Å²) in [6.45, 7) is 6.19. The Bertz CT molecular complexity index is 522. The van der Waals surface area contributed by atoms with Gasteiger partial charge in [-0.05, 0) is 58.8 Å². The maximum atomic E-state index is 10.5. The molecule has 3 heteroatoms. The van der Waals surface area contributed by atoms with Gasteiger partial charge in [-0.25, -0.2) is 0 Å². The molecule has 0 saturated heterocycles. The summed E-state index contributed by atoms with van der Waals surface area (Å²) in [4.78, 5) is 0. The van der Waals surface area contributed by atoms with Crippen molar-refractivity contribution >= 4 is 27.3 Å². The van der Waals surface area contributed by atoms with Crippen LogP contribution in [0.2, 0.25) is 0 Å². The van der Waals surface area contributed by atoms with E-state index in [4.69, 9.17) is 0 Å². The fraction of sp³-hybridized carbons (Fsp3) is 0.286. The largest absolute Gasteiger partial charge is 0.384 e. The zero-order valence-corrected chi connectivity index (χ0v) is 12.5. The second kappa shape index (κ2) is 4.92. The van der Waals surface area contributed by atoms with Gasteiger partial charge in [0.25, 0.3) is 0 Å². The Kier molecular flexibility index (Phi) is 3.71. The van der Waals surface area contributed by atoms with E-state index in [1.807, 2.05) is 10.8 Å². The van der Waals surface area contributed by atoms with E-state index < -0.39 is 6.10 Å². The van der Waals surface area contributed by atoms with Crippen LogP contribution in [-0.4, -0.2) is 5.11 Å². The van der Waals surface area contributed by atoms with Crippen molar-refractivity contribution in [3.63, 3.8) is 0 Å². The molecule has 2 rings (SSSR count). The second-order valence-electron chi connectivity index (χ2n) is 4.39. The number of aliphatic hydroxyl groups excluding tert-OH is 1. The summed E-state index contributed by atoms with van der Waals surface area (Å²) < 4.78 is 0.981. The fourth-order valence-corrected chi connectivity index (χ4v) is 3.80. The minimum absolute atomic E-state index is 0.545. The summed E-state index contributed by atoms with van der Waals surface area (Å²) in [7, 11) is 0. The third-order valence-corrected chi connectivity index (χ3v) is 4.70. The predicted molar refractivity (Wildman–Crippen MR) is 76.7 cm³/mol. The molecule has 1 aromatic heterocycles. The molecule has 1 nitrogen and oxygen atoms in total. The summed E-state index contributed by atoms with van der Waals surface area (Å²) in [5.41, 5.74) is 5.50. The van der Waals surface area contributed by atoms with E-state index in [2.05, 4.69) is 48.8 Å². The van der Waals surface area contributed by atoms with Crippen molar-refractivity contribution in [3.8, 4) is 0 Å². The van der Waals surface area contributed by atoms with Crippen molar-refractivity contribution in [1.82, 2.24) is 0 Å². The van der Waals surface area contributed by atoms with Gasteiger partial charge in [-0.3, -0.25) is 0 Å². The number of benzene rings is 1. The molecule has 0 radical (unpaired) electrons. The zero-order chi connectivity index (χ0) is 12.6. The molecule has 1 heterocycles. The summed E-state index contributed by atoms with van der Waals surface area (Å²) in [6.07, 6.45) is -0.545. The quantitative estimate of drug-likeness (QED) is 0.864.